The number of hydrogen-bond acceptors (Lipinski definition) is 7. The molecule has 0 bridgehead atoms. The van der Waals surface area contributed by atoms with Crippen LogP contribution < -0.4 is 0 Å². The average Bonchev–Trinajstić information content (AvgIpc) is 2.89. The Bertz CT molecular complexity index is 1140. The minimum absolute atomic E-state index is 0.0379. The summed E-state index contributed by atoms with van der Waals surface area (Å²) in [5.74, 6) is 0. The molecule has 0 aromatic heterocycles. The summed E-state index contributed by atoms with van der Waals surface area (Å²) in [5.41, 5.74) is 9.75. The molecule has 0 unspecified atom stereocenters. The van der Waals surface area contributed by atoms with Crippen LogP contribution in [-0.4, -0.2) is 63.4 Å². The number of azide groups is 1. The highest BCUT2D eigenvalue weighted by molar-refractivity contribution is 8.17. The molecule has 11 heteroatoms. The van der Waals surface area contributed by atoms with Crippen LogP contribution in [-0.2, 0) is 13.6 Å². The highest BCUT2D eigenvalue weighted by Crippen LogP contribution is 2.45. The minimum atomic E-state index is -2.39. The normalized spacial score (nSPS) is 23.0. The number of aliphatic hydroxyl groups is 1. The molecule has 7 nitrogen and oxygen atoms in total. The predicted octanol–water partition coefficient (Wildman–Crippen LogP) is 9.12. The van der Waals surface area contributed by atoms with Gasteiger partial charge in [0.1, 0.15) is 12.2 Å². The molecule has 0 aliphatic carbocycles. The van der Waals surface area contributed by atoms with E-state index in [0.717, 1.165) is 9.79 Å². The predicted molar refractivity (Wildman–Crippen MR) is 181 cm³/mol. The minimum Gasteiger partial charge on any atom is -0.411 e. The maximum absolute atomic E-state index is 12.2. The topological polar surface area (TPSA) is 96.7 Å². The summed E-state index contributed by atoms with van der Waals surface area (Å²) in [6, 6.07) is 19.5. The van der Waals surface area contributed by atoms with Gasteiger partial charge in [-0.1, -0.05) is 83.1 Å². The number of ether oxygens (including phenoxy) is 1. The average molecular weight is 648 g/mol. The number of hydrogen-bond donors (Lipinski definition) is 1. The number of nitrogens with zero attached hydrogens (tertiary/aromatic N) is 3. The molecule has 1 aliphatic heterocycles. The number of rotatable bonds is 11. The Morgan fingerprint density at radius 3 is 1.74 bits per heavy atom. The highest BCUT2D eigenvalue weighted by atomic mass is 32.2. The number of aliphatic hydroxyl groups excluding tert-OH is 1. The zero-order valence-electron chi connectivity index (χ0n) is 26.8. The zero-order chi connectivity index (χ0) is 31.3. The van der Waals surface area contributed by atoms with Gasteiger partial charge in [0.05, 0.1) is 29.4 Å². The van der Waals surface area contributed by atoms with E-state index in [2.05, 4.69) is 77.8 Å². The maximum atomic E-state index is 12.2. The summed E-state index contributed by atoms with van der Waals surface area (Å²) in [7, 11) is -4.63. The van der Waals surface area contributed by atoms with E-state index in [4.69, 9.17) is 13.6 Å². The molecule has 5 atom stereocenters. The first kappa shape index (κ1) is 35.2. The Kier molecular flexibility index (Phi) is 11.9. The standard InChI is InChI=1S/C31H49N3O4S2Si2/c1-30(2,3)41(7,8)37-24-21-36-28(27(25(24)33-34-32)38-42(9,10)31(4,5)6)26(35)29(39-22-17-13-11-14-18-22)40-23-19-15-12-16-20-23/h11-20,24-29,35H,21H2,1-10H3/t24-,25-,26-,27-,28+/m1/s1. The molecule has 42 heavy (non-hydrogen) atoms. The zero-order valence-corrected chi connectivity index (χ0v) is 30.4. The number of benzene rings is 2. The van der Waals surface area contributed by atoms with Crippen LogP contribution in [0.3, 0.4) is 0 Å². The molecule has 1 aliphatic rings. The van der Waals surface area contributed by atoms with Crippen molar-refractivity contribution in [2.75, 3.05) is 6.61 Å². The fraction of sp³-hybridized carbons (Fsp3) is 0.613. The van der Waals surface area contributed by atoms with Crippen molar-refractivity contribution in [3.8, 4) is 0 Å². The van der Waals surface area contributed by atoms with E-state index in [1.807, 2.05) is 60.7 Å². The third kappa shape index (κ3) is 8.89. The van der Waals surface area contributed by atoms with Gasteiger partial charge in [-0.3, -0.25) is 0 Å². The largest absolute Gasteiger partial charge is 0.411 e. The van der Waals surface area contributed by atoms with Crippen LogP contribution in [0.2, 0.25) is 36.3 Å². The second kappa shape index (κ2) is 14.2. The van der Waals surface area contributed by atoms with Crippen molar-refractivity contribution in [3.05, 3.63) is 71.1 Å². The molecular formula is C31H49N3O4S2Si2. The molecule has 2 aromatic carbocycles. The summed E-state index contributed by atoms with van der Waals surface area (Å²) < 4.78 is 20.1. The van der Waals surface area contributed by atoms with Crippen molar-refractivity contribution in [1.29, 1.82) is 0 Å². The highest BCUT2D eigenvalue weighted by Gasteiger charge is 2.52. The van der Waals surface area contributed by atoms with Crippen LogP contribution in [0, 0.1) is 0 Å². The van der Waals surface area contributed by atoms with Gasteiger partial charge in [-0.25, -0.2) is 0 Å². The molecule has 0 amide bonds. The summed E-state index contributed by atoms with van der Waals surface area (Å²) in [6.07, 6.45) is -2.79. The van der Waals surface area contributed by atoms with Gasteiger partial charge >= 0.3 is 0 Å². The molecule has 2 aromatic rings. The summed E-state index contributed by atoms with van der Waals surface area (Å²) >= 11 is 3.20. The van der Waals surface area contributed by atoms with E-state index in [0.29, 0.717) is 0 Å². The third-order valence-electron chi connectivity index (χ3n) is 8.77. The fourth-order valence-electron chi connectivity index (χ4n) is 4.20. The van der Waals surface area contributed by atoms with Gasteiger partial charge in [0, 0.05) is 14.7 Å². The van der Waals surface area contributed by atoms with E-state index >= 15 is 0 Å². The molecule has 0 saturated carbocycles. The van der Waals surface area contributed by atoms with Crippen LogP contribution in [0.1, 0.15) is 41.5 Å². The second-order valence-electron chi connectivity index (χ2n) is 14.0. The van der Waals surface area contributed by atoms with E-state index in [1.54, 1.807) is 23.5 Å². The van der Waals surface area contributed by atoms with Crippen molar-refractivity contribution in [2.24, 2.45) is 5.11 Å². The molecule has 0 spiro atoms. The monoisotopic (exact) mass is 647 g/mol. The van der Waals surface area contributed by atoms with Gasteiger partial charge < -0.3 is 18.7 Å². The van der Waals surface area contributed by atoms with Crippen molar-refractivity contribution in [1.82, 2.24) is 0 Å². The first-order valence-electron chi connectivity index (χ1n) is 14.6. The van der Waals surface area contributed by atoms with Crippen LogP contribution in [0.15, 0.2) is 75.6 Å². The smallest absolute Gasteiger partial charge is 0.192 e. The molecule has 0 radical (unpaired) electrons. The maximum Gasteiger partial charge on any atom is 0.192 e. The second-order valence-corrected chi connectivity index (χ2v) is 26.2. The number of thioether (sulfide) groups is 2. The third-order valence-corrected chi connectivity index (χ3v) is 20.4. The van der Waals surface area contributed by atoms with Gasteiger partial charge in [-0.2, -0.15) is 0 Å². The van der Waals surface area contributed by atoms with Crippen molar-refractivity contribution >= 4 is 40.2 Å². The van der Waals surface area contributed by atoms with Gasteiger partial charge in [-0.15, -0.1) is 23.5 Å². The van der Waals surface area contributed by atoms with Crippen LogP contribution >= 0.6 is 23.5 Å². The molecule has 1 heterocycles. The van der Waals surface area contributed by atoms with Gasteiger partial charge in [0.15, 0.2) is 16.6 Å². The molecule has 1 saturated heterocycles. The summed E-state index contributed by atoms with van der Waals surface area (Å²) in [6.45, 7) is 22.1. The van der Waals surface area contributed by atoms with E-state index in [9.17, 15) is 10.6 Å². The lowest BCUT2D eigenvalue weighted by atomic mass is 9.95. The lowest BCUT2D eigenvalue weighted by Crippen LogP contribution is -2.64. The first-order chi connectivity index (χ1) is 19.5. The molecule has 1 N–H and O–H groups in total. The van der Waals surface area contributed by atoms with Gasteiger partial charge in [0.25, 0.3) is 0 Å². The van der Waals surface area contributed by atoms with Crippen molar-refractivity contribution in [2.45, 2.75) is 123 Å². The van der Waals surface area contributed by atoms with Crippen molar-refractivity contribution < 1.29 is 18.7 Å². The van der Waals surface area contributed by atoms with E-state index < -0.39 is 47.1 Å². The lowest BCUT2D eigenvalue weighted by molar-refractivity contribution is -0.158. The molecule has 232 valence electrons. The molecular weight excluding hydrogens is 599 g/mol. The Labute approximate surface area is 263 Å². The summed E-state index contributed by atoms with van der Waals surface area (Å²) in [4.78, 5) is 5.37. The molecule has 3 rings (SSSR count). The van der Waals surface area contributed by atoms with Crippen molar-refractivity contribution in [3.63, 3.8) is 0 Å². The van der Waals surface area contributed by atoms with Crippen LogP contribution in [0.5, 0.6) is 0 Å². The Morgan fingerprint density at radius 1 is 0.857 bits per heavy atom. The van der Waals surface area contributed by atoms with Gasteiger partial charge in [0.2, 0.25) is 0 Å². The quantitative estimate of drug-likeness (QED) is 0.0653. The fourth-order valence-corrected chi connectivity index (χ4v) is 9.43. The molecule has 1 fully saturated rings. The van der Waals surface area contributed by atoms with E-state index in [1.165, 1.54) is 0 Å². The van der Waals surface area contributed by atoms with Crippen LogP contribution in [0.4, 0.5) is 0 Å². The van der Waals surface area contributed by atoms with E-state index in [-0.39, 0.29) is 21.3 Å². The van der Waals surface area contributed by atoms with Gasteiger partial charge in [-0.05, 0) is 66.1 Å². The Hall–Kier alpha value is -1.28. The SMILES string of the molecule is CC(C)(C)[Si](C)(C)O[C@@H]1[C@H](N=[N+]=[N-])[C@H](O[Si](C)(C)C(C)(C)C)CO[C@H]1[C@@H](O)C(Sc1ccccc1)Sc1ccccc1. The van der Waals surface area contributed by atoms with Crippen LogP contribution in [0.25, 0.3) is 10.4 Å². The first-order valence-corrected chi connectivity index (χ1v) is 22.2. The lowest BCUT2D eigenvalue weighted by Gasteiger charge is -2.50. The Balaban J connectivity index is 2.04. The summed E-state index contributed by atoms with van der Waals surface area (Å²) in [5, 5.41) is 16.3. The Morgan fingerprint density at radius 2 is 1.31 bits per heavy atom.